The number of rotatable bonds is 9. The van der Waals surface area contributed by atoms with E-state index >= 15 is 0 Å². The normalized spacial score (nSPS) is 19.2. The Hall–Kier alpha value is -3.52. The van der Waals surface area contributed by atoms with Crippen LogP contribution >= 0.6 is 0 Å². The number of allylic oxidation sites excluding steroid dienone is 1. The average Bonchev–Trinajstić information content (AvgIpc) is 3.58. The Morgan fingerprint density at radius 1 is 1.15 bits per heavy atom. The van der Waals surface area contributed by atoms with Crippen LogP contribution in [0, 0.1) is 0 Å². The number of para-hydroxylation sites is 1. The van der Waals surface area contributed by atoms with Gasteiger partial charge in [0, 0.05) is 18.7 Å². The van der Waals surface area contributed by atoms with Gasteiger partial charge in [-0.15, -0.1) is 0 Å². The van der Waals surface area contributed by atoms with Gasteiger partial charge < -0.3 is 28.8 Å². The van der Waals surface area contributed by atoms with E-state index in [0.717, 1.165) is 25.9 Å². The molecule has 1 saturated heterocycles. The highest BCUT2D eigenvalue weighted by molar-refractivity contribution is 6.14. The summed E-state index contributed by atoms with van der Waals surface area (Å²) < 4.78 is 16.3. The fourth-order valence-electron chi connectivity index (χ4n) is 4.48. The van der Waals surface area contributed by atoms with Crippen molar-refractivity contribution in [2.45, 2.75) is 18.9 Å². The molecule has 8 heteroatoms. The maximum absolute atomic E-state index is 13.2. The zero-order valence-corrected chi connectivity index (χ0v) is 18.8. The van der Waals surface area contributed by atoms with Crippen molar-refractivity contribution in [3.63, 3.8) is 0 Å². The lowest BCUT2D eigenvalue weighted by Gasteiger charge is -2.29. The Morgan fingerprint density at radius 2 is 1.94 bits per heavy atom. The molecule has 1 aromatic heterocycles. The van der Waals surface area contributed by atoms with Gasteiger partial charge in [0.25, 0.3) is 5.91 Å². The predicted octanol–water partition coefficient (Wildman–Crippen LogP) is 3.37. The van der Waals surface area contributed by atoms with Crippen molar-refractivity contribution in [2.75, 3.05) is 40.4 Å². The van der Waals surface area contributed by atoms with E-state index in [-0.39, 0.29) is 5.57 Å². The number of carbonyl (C=O) groups excluding carboxylic acids is 2. The number of hydrogen-bond acceptors (Lipinski definition) is 7. The number of methoxy groups -OCH3 is 2. The highest BCUT2D eigenvalue weighted by Crippen LogP contribution is 2.44. The van der Waals surface area contributed by atoms with Crippen molar-refractivity contribution in [2.24, 2.45) is 0 Å². The monoisotopic (exact) mass is 452 g/mol. The van der Waals surface area contributed by atoms with E-state index in [1.54, 1.807) is 35.2 Å². The molecule has 3 heterocycles. The molecule has 8 nitrogen and oxygen atoms in total. The number of carbonyl (C=O) groups is 2. The fourth-order valence-corrected chi connectivity index (χ4v) is 4.48. The summed E-state index contributed by atoms with van der Waals surface area (Å²) in [5.74, 6) is -0.200. The van der Waals surface area contributed by atoms with E-state index < -0.39 is 23.5 Å². The number of amides is 1. The maximum Gasteiger partial charge on any atom is 0.290 e. The molecule has 2 aliphatic heterocycles. The lowest BCUT2D eigenvalue weighted by molar-refractivity contribution is -0.129. The van der Waals surface area contributed by atoms with Crippen LogP contribution in [0.2, 0.25) is 0 Å². The smallest absolute Gasteiger partial charge is 0.290 e. The Labute approximate surface area is 192 Å². The first-order valence-corrected chi connectivity index (χ1v) is 11.0. The Morgan fingerprint density at radius 3 is 2.61 bits per heavy atom. The van der Waals surface area contributed by atoms with Gasteiger partial charge in [-0.3, -0.25) is 9.59 Å². The third kappa shape index (κ3) is 4.52. The number of nitrogens with zero attached hydrogens (tertiary/aromatic N) is 2. The summed E-state index contributed by atoms with van der Waals surface area (Å²) in [4.78, 5) is 30.2. The van der Waals surface area contributed by atoms with E-state index in [4.69, 9.17) is 13.9 Å². The second kappa shape index (κ2) is 9.95. The van der Waals surface area contributed by atoms with Gasteiger partial charge in [0.15, 0.2) is 23.0 Å². The Kier molecular flexibility index (Phi) is 6.84. The van der Waals surface area contributed by atoms with E-state index in [1.165, 1.54) is 32.6 Å². The van der Waals surface area contributed by atoms with Crippen molar-refractivity contribution >= 4 is 17.8 Å². The average molecular weight is 453 g/mol. The molecule has 1 fully saturated rings. The van der Waals surface area contributed by atoms with E-state index in [0.29, 0.717) is 35.9 Å². The largest absolute Gasteiger partial charge is 0.503 e. The minimum absolute atomic E-state index is 0.00998. The first kappa shape index (κ1) is 22.7. The second-order valence-electron chi connectivity index (χ2n) is 8.01. The topological polar surface area (TPSA) is 92.5 Å². The van der Waals surface area contributed by atoms with E-state index in [1.807, 2.05) is 0 Å². The van der Waals surface area contributed by atoms with Crippen LogP contribution in [0.25, 0.3) is 6.08 Å². The molecule has 0 aliphatic carbocycles. The van der Waals surface area contributed by atoms with Crippen molar-refractivity contribution in [1.29, 1.82) is 0 Å². The summed E-state index contributed by atoms with van der Waals surface area (Å²) in [7, 11) is 3.03. The van der Waals surface area contributed by atoms with E-state index in [9.17, 15) is 14.7 Å². The molecule has 4 rings (SSSR count). The number of furan rings is 1. The van der Waals surface area contributed by atoms with Crippen molar-refractivity contribution in [1.82, 2.24) is 9.80 Å². The van der Waals surface area contributed by atoms with Crippen molar-refractivity contribution in [3.8, 4) is 11.5 Å². The van der Waals surface area contributed by atoms with Crippen LogP contribution in [0.3, 0.4) is 0 Å². The minimum atomic E-state index is -0.807. The molecule has 2 aromatic rings. The molecule has 174 valence electrons. The quantitative estimate of drug-likeness (QED) is 0.583. The van der Waals surface area contributed by atoms with Gasteiger partial charge in [-0.05, 0) is 56.3 Å². The third-order valence-corrected chi connectivity index (χ3v) is 6.10. The molecule has 1 aromatic carbocycles. The number of aliphatic hydroxyl groups is 1. The summed E-state index contributed by atoms with van der Waals surface area (Å²) in [6, 6.07) is 7.92. The van der Waals surface area contributed by atoms with Crippen LogP contribution in [-0.2, 0) is 9.59 Å². The zero-order chi connectivity index (χ0) is 23.4. The summed E-state index contributed by atoms with van der Waals surface area (Å²) in [5.41, 5.74) is 0.584. The van der Waals surface area contributed by atoms with Gasteiger partial charge in [-0.1, -0.05) is 12.1 Å². The van der Waals surface area contributed by atoms with Crippen molar-refractivity contribution in [3.05, 3.63) is 65.3 Å². The molecule has 33 heavy (non-hydrogen) atoms. The number of ketones is 1. The van der Waals surface area contributed by atoms with Crippen molar-refractivity contribution < 1.29 is 28.6 Å². The highest BCUT2D eigenvalue weighted by atomic mass is 16.5. The summed E-state index contributed by atoms with van der Waals surface area (Å²) in [6.45, 7) is 2.98. The third-order valence-electron chi connectivity index (χ3n) is 6.10. The van der Waals surface area contributed by atoms with Crippen LogP contribution in [0.5, 0.6) is 11.5 Å². The molecule has 1 N–H and O–H groups in total. The number of aliphatic hydroxyl groups excluding tert-OH is 1. The molecule has 1 amide bonds. The Bertz CT molecular complexity index is 1070. The van der Waals surface area contributed by atoms with Gasteiger partial charge in [-0.25, -0.2) is 0 Å². The molecule has 2 aliphatic rings. The number of benzene rings is 1. The predicted molar refractivity (Wildman–Crippen MR) is 122 cm³/mol. The summed E-state index contributed by atoms with van der Waals surface area (Å²) in [5, 5.41) is 10.8. The van der Waals surface area contributed by atoms with Crippen LogP contribution in [0.4, 0.5) is 0 Å². The molecule has 0 spiro atoms. The fraction of sp³-hybridized carbons (Fsp3) is 0.360. The first-order valence-electron chi connectivity index (χ1n) is 11.0. The summed E-state index contributed by atoms with van der Waals surface area (Å²) >= 11 is 0. The molecule has 0 bridgehead atoms. The van der Waals surface area contributed by atoms with Gasteiger partial charge in [0.1, 0.15) is 5.76 Å². The lowest BCUT2D eigenvalue weighted by atomic mass is 9.94. The summed E-state index contributed by atoms with van der Waals surface area (Å²) in [6.07, 6.45) is 6.59. The second-order valence-corrected chi connectivity index (χ2v) is 8.01. The van der Waals surface area contributed by atoms with Gasteiger partial charge in [0.2, 0.25) is 0 Å². The molecule has 1 unspecified atom stereocenters. The maximum atomic E-state index is 13.2. The number of hydrogen-bond donors (Lipinski definition) is 1. The lowest BCUT2D eigenvalue weighted by Crippen LogP contribution is -2.38. The van der Waals surface area contributed by atoms with Crippen LogP contribution in [0.1, 0.15) is 30.2 Å². The SMILES string of the molecule is COc1cccc(C2C(C(=O)/C=C/c3ccco3)=C(O)C(=O)N2CCN2CCCC2)c1OC. The standard InChI is InChI=1S/C25H28N2O6/c1-31-20-9-5-8-18(24(20)32-2)22-21(19(28)11-10-17-7-6-16-33-17)23(29)25(30)27(22)15-14-26-12-3-4-13-26/h5-11,16,22,29H,3-4,12-15H2,1-2H3/b11-10+. The van der Waals surface area contributed by atoms with Crippen LogP contribution < -0.4 is 9.47 Å². The van der Waals surface area contributed by atoms with Crippen LogP contribution in [-0.4, -0.2) is 67.0 Å². The molecular formula is C25H28N2O6. The number of ether oxygens (including phenoxy) is 2. The first-order chi connectivity index (χ1) is 16.0. The number of likely N-dealkylation sites (tertiary alicyclic amines) is 1. The molecule has 1 atom stereocenters. The van der Waals surface area contributed by atoms with Gasteiger partial charge in [0.05, 0.1) is 32.1 Å². The van der Waals surface area contributed by atoms with Gasteiger partial charge in [-0.2, -0.15) is 0 Å². The zero-order valence-electron chi connectivity index (χ0n) is 18.8. The van der Waals surface area contributed by atoms with Gasteiger partial charge >= 0.3 is 0 Å². The molecular weight excluding hydrogens is 424 g/mol. The van der Waals surface area contributed by atoms with E-state index in [2.05, 4.69) is 4.90 Å². The van der Waals surface area contributed by atoms with Crippen LogP contribution in [0.15, 0.2) is 58.4 Å². The molecule has 0 radical (unpaired) electrons. The molecule has 0 saturated carbocycles. The Balaban J connectivity index is 1.73. The highest BCUT2D eigenvalue weighted by Gasteiger charge is 2.44. The minimum Gasteiger partial charge on any atom is -0.503 e.